The van der Waals surface area contributed by atoms with Gasteiger partial charge in [-0.25, -0.2) is 18.0 Å². The summed E-state index contributed by atoms with van der Waals surface area (Å²) in [5.41, 5.74) is 0.825. The lowest BCUT2D eigenvalue weighted by Gasteiger charge is -2.28. The number of sulfone groups is 1. The van der Waals surface area contributed by atoms with Crippen LogP contribution in [-0.4, -0.2) is 45.1 Å². The molecule has 2 rings (SSSR count). The van der Waals surface area contributed by atoms with Crippen LogP contribution in [0.3, 0.4) is 0 Å². The summed E-state index contributed by atoms with van der Waals surface area (Å²) in [5, 5.41) is 2.50. The largest absolute Gasteiger partial charge is 0.467 e. The average molecular weight is 355 g/mol. The third-order valence-corrected chi connectivity index (χ3v) is 5.73. The van der Waals surface area contributed by atoms with Gasteiger partial charge in [0, 0.05) is 0 Å². The Balaban J connectivity index is 1.93. The monoisotopic (exact) mass is 355 g/mol. The molecule has 1 N–H and O–H groups in total. The molecule has 24 heavy (non-hydrogen) atoms. The van der Waals surface area contributed by atoms with Crippen LogP contribution in [0.5, 0.6) is 0 Å². The molecule has 1 aliphatic rings. The molecule has 132 valence electrons. The molecule has 1 saturated heterocycles. The van der Waals surface area contributed by atoms with Crippen molar-refractivity contribution in [2.24, 2.45) is 5.92 Å². The van der Waals surface area contributed by atoms with E-state index < -0.39 is 27.9 Å². The Labute approximate surface area is 141 Å². The van der Waals surface area contributed by atoms with Crippen molar-refractivity contribution in [2.75, 3.05) is 18.6 Å². The SMILES string of the molecule is COC(=O)C(NC(=O)OCc1ccccc1)C1CCS(=O)(=O)CC1. The Bertz CT molecular complexity index is 659. The van der Waals surface area contributed by atoms with Crippen LogP contribution >= 0.6 is 0 Å². The van der Waals surface area contributed by atoms with Crippen LogP contribution in [-0.2, 0) is 30.7 Å². The maximum absolute atomic E-state index is 12.0. The molecule has 1 unspecified atom stereocenters. The second kappa shape index (κ2) is 8.14. The Morgan fingerprint density at radius 3 is 2.42 bits per heavy atom. The van der Waals surface area contributed by atoms with E-state index in [1.54, 1.807) is 0 Å². The third-order valence-electron chi connectivity index (χ3n) is 4.01. The van der Waals surface area contributed by atoms with E-state index in [0.717, 1.165) is 5.56 Å². The molecule has 0 aromatic heterocycles. The lowest BCUT2D eigenvalue weighted by atomic mass is 9.94. The highest BCUT2D eigenvalue weighted by atomic mass is 32.2. The van der Waals surface area contributed by atoms with Crippen molar-refractivity contribution >= 4 is 21.9 Å². The highest BCUT2D eigenvalue weighted by molar-refractivity contribution is 7.91. The number of carbonyl (C=O) groups excluding carboxylic acids is 2. The van der Waals surface area contributed by atoms with Crippen molar-refractivity contribution in [1.82, 2.24) is 5.32 Å². The summed E-state index contributed by atoms with van der Waals surface area (Å²) in [4.78, 5) is 23.9. The van der Waals surface area contributed by atoms with Gasteiger partial charge in [-0.05, 0) is 24.3 Å². The highest BCUT2D eigenvalue weighted by Crippen LogP contribution is 2.23. The molecule has 1 atom stereocenters. The average Bonchev–Trinajstić information content (AvgIpc) is 2.58. The molecule has 0 saturated carbocycles. The van der Waals surface area contributed by atoms with Crippen LogP contribution in [0.1, 0.15) is 18.4 Å². The maximum atomic E-state index is 12.0. The fourth-order valence-corrected chi connectivity index (χ4v) is 4.16. The fraction of sp³-hybridized carbons (Fsp3) is 0.500. The van der Waals surface area contributed by atoms with Crippen molar-refractivity contribution in [3.63, 3.8) is 0 Å². The summed E-state index contributed by atoms with van der Waals surface area (Å²) in [5.74, 6) is -0.876. The van der Waals surface area contributed by atoms with Gasteiger partial charge in [0.2, 0.25) is 0 Å². The lowest BCUT2D eigenvalue weighted by Crippen LogP contribution is -2.48. The summed E-state index contributed by atoms with van der Waals surface area (Å²) in [7, 11) is -1.82. The van der Waals surface area contributed by atoms with E-state index >= 15 is 0 Å². The number of ether oxygens (including phenoxy) is 2. The van der Waals surface area contributed by atoms with E-state index in [1.807, 2.05) is 30.3 Å². The van der Waals surface area contributed by atoms with Gasteiger partial charge < -0.3 is 14.8 Å². The molecule has 1 amide bonds. The van der Waals surface area contributed by atoms with Crippen molar-refractivity contribution in [2.45, 2.75) is 25.5 Å². The highest BCUT2D eigenvalue weighted by Gasteiger charge is 2.35. The Morgan fingerprint density at radius 2 is 1.83 bits per heavy atom. The zero-order valence-electron chi connectivity index (χ0n) is 13.4. The predicted octanol–water partition coefficient (Wildman–Crippen LogP) is 1.28. The summed E-state index contributed by atoms with van der Waals surface area (Å²) >= 11 is 0. The Hall–Kier alpha value is -2.09. The molecule has 8 heteroatoms. The van der Waals surface area contributed by atoms with Gasteiger partial charge in [0.15, 0.2) is 0 Å². The minimum atomic E-state index is -3.05. The van der Waals surface area contributed by atoms with E-state index in [4.69, 9.17) is 9.47 Å². The van der Waals surface area contributed by atoms with Gasteiger partial charge in [-0.3, -0.25) is 0 Å². The summed E-state index contributed by atoms with van der Waals surface area (Å²) in [6, 6.07) is 8.24. The van der Waals surface area contributed by atoms with E-state index in [9.17, 15) is 18.0 Å². The molecule has 1 aromatic carbocycles. The van der Waals surface area contributed by atoms with Crippen LogP contribution in [0.15, 0.2) is 30.3 Å². The second-order valence-corrected chi connectivity index (χ2v) is 8.00. The molecule has 0 bridgehead atoms. The van der Waals surface area contributed by atoms with E-state index in [-0.39, 0.29) is 24.0 Å². The number of carbonyl (C=O) groups is 2. The lowest BCUT2D eigenvalue weighted by molar-refractivity contribution is -0.144. The normalized spacial score (nSPS) is 18.4. The van der Waals surface area contributed by atoms with Crippen LogP contribution in [0.4, 0.5) is 4.79 Å². The molecule has 1 heterocycles. The Kier molecular flexibility index (Phi) is 6.19. The summed E-state index contributed by atoms with van der Waals surface area (Å²) in [6.45, 7) is 0.0829. The number of rotatable bonds is 5. The van der Waals surface area contributed by atoms with Crippen molar-refractivity contribution < 1.29 is 27.5 Å². The number of nitrogens with one attached hydrogen (secondary N) is 1. The number of hydrogen-bond acceptors (Lipinski definition) is 6. The van der Waals surface area contributed by atoms with Gasteiger partial charge >= 0.3 is 12.1 Å². The van der Waals surface area contributed by atoms with Crippen molar-refractivity contribution in [3.05, 3.63) is 35.9 Å². The van der Waals surface area contributed by atoms with E-state index in [0.29, 0.717) is 12.8 Å². The zero-order valence-corrected chi connectivity index (χ0v) is 14.3. The molecular weight excluding hydrogens is 334 g/mol. The molecule has 1 aliphatic heterocycles. The van der Waals surface area contributed by atoms with Gasteiger partial charge in [0.1, 0.15) is 22.5 Å². The molecule has 0 radical (unpaired) electrons. The second-order valence-electron chi connectivity index (χ2n) is 5.70. The number of alkyl carbamates (subject to hydrolysis) is 1. The van der Waals surface area contributed by atoms with Crippen molar-refractivity contribution in [3.8, 4) is 0 Å². The molecule has 0 spiro atoms. The minimum absolute atomic E-state index is 0.00586. The number of benzene rings is 1. The number of amides is 1. The third kappa shape index (κ3) is 5.23. The topological polar surface area (TPSA) is 98.8 Å². The Morgan fingerprint density at radius 1 is 1.21 bits per heavy atom. The first kappa shape index (κ1) is 18.3. The van der Waals surface area contributed by atoms with Gasteiger partial charge in [0.05, 0.1) is 18.6 Å². The molecule has 1 aromatic rings. The summed E-state index contributed by atoms with van der Waals surface area (Å²) < 4.78 is 32.9. The minimum Gasteiger partial charge on any atom is -0.467 e. The first-order chi connectivity index (χ1) is 11.4. The van der Waals surface area contributed by atoms with Gasteiger partial charge in [0.25, 0.3) is 0 Å². The zero-order chi connectivity index (χ0) is 17.6. The summed E-state index contributed by atoms with van der Waals surface area (Å²) in [6.07, 6.45) is -0.120. The van der Waals surface area contributed by atoms with Crippen LogP contribution < -0.4 is 5.32 Å². The van der Waals surface area contributed by atoms with Gasteiger partial charge in [-0.2, -0.15) is 0 Å². The number of methoxy groups -OCH3 is 1. The van der Waals surface area contributed by atoms with Gasteiger partial charge in [-0.1, -0.05) is 30.3 Å². The molecular formula is C16H21NO6S. The molecule has 1 fully saturated rings. The van der Waals surface area contributed by atoms with E-state index in [1.165, 1.54) is 7.11 Å². The first-order valence-corrected chi connectivity index (χ1v) is 9.49. The maximum Gasteiger partial charge on any atom is 0.408 e. The smallest absolute Gasteiger partial charge is 0.408 e. The number of hydrogen-bond donors (Lipinski definition) is 1. The van der Waals surface area contributed by atoms with E-state index in [2.05, 4.69) is 5.32 Å². The number of esters is 1. The first-order valence-electron chi connectivity index (χ1n) is 7.67. The van der Waals surface area contributed by atoms with Crippen LogP contribution in [0, 0.1) is 5.92 Å². The van der Waals surface area contributed by atoms with Crippen LogP contribution in [0.25, 0.3) is 0 Å². The predicted molar refractivity (Wildman–Crippen MR) is 86.9 cm³/mol. The van der Waals surface area contributed by atoms with Crippen LogP contribution in [0.2, 0.25) is 0 Å². The fourth-order valence-electron chi connectivity index (χ4n) is 2.63. The molecule has 0 aliphatic carbocycles. The molecule has 7 nitrogen and oxygen atoms in total. The quantitative estimate of drug-likeness (QED) is 0.799. The standard InChI is InChI=1S/C16H21NO6S/c1-22-15(18)14(13-7-9-24(20,21)10-8-13)17-16(19)23-11-12-5-3-2-4-6-12/h2-6,13-14H,7-11H2,1H3,(H,17,19). The van der Waals surface area contributed by atoms with Gasteiger partial charge in [-0.15, -0.1) is 0 Å². The van der Waals surface area contributed by atoms with Crippen molar-refractivity contribution in [1.29, 1.82) is 0 Å².